The average Bonchev–Trinajstić information content (AvgIpc) is 3.29. The highest BCUT2D eigenvalue weighted by molar-refractivity contribution is 7.88. The number of amides is 1. The highest BCUT2D eigenvalue weighted by atomic mass is 32.2. The first kappa shape index (κ1) is 19.9. The van der Waals surface area contributed by atoms with Crippen molar-refractivity contribution < 1.29 is 17.6 Å². The van der Waals surface area contributed by atoms with Crippen LogP contribution in [-0.2, 0) is 21.4 Å². The van der Waals surface area contributed by atoms with Gasteiger partial charge in [-0.15, -0.1) is 0 Å². The summed E-state index contributed by atoms with van der Waals surface area (Å²) in [5, 5.41) is 0. The maximum Gasteiger partial charge on any atom is 0.230 e. The lowest BCUT2D eigenvalue weighted by Crippen LogP contribution is -2.52. The van der Waals surface area contributed by atoms with Gasteiger partial charge in [-0.2, -0.15) is 0 Å². The fourth-order valence-corrected chi connectivity index (χ4v) is 6.53. The first-order valence-electron chi connectivity index (χ1n) is 10.2. The van der Waals surface area contributed by atoms with Crippen molar-refractivity contribution >= 4 is 15.9 Å². The normalized spacial score (nSPS) is 28.8. The third kappa shape index (κ3) is 3.09. The summed E-state index contributed by atoms with van der Waals surface area (Å²) in [6.45, 7) is 8.69. The summed E-state index contributed by atoms with van der Waals surface area (Å²) in [6.07, 6.45) is 3.73. The molecule has 156 valence electrons. The molecular weight excluding hydrogens is 378 g/mol. The molecule has 0 aromatic carbocycles. The summed E-state index contributed by atoms with van der Waals surface area (Å²) in [4.78, 5) is 17.6. The Kier molecular flexibility index (Phi) is 4.87. The second-order valence-electron chi connectivity index (χ2n) is 8.82. The Morgan fingerprint density at radius 2 is 1.82 bits per heavy atom. The smallest absolute Gasteiger partial charge is 0.230 e. The first-order valence-corrected chi connectivity index (χ1v) is 12.1. The molecule has 2 spiro atoms. The molecule has 3 aliphatic rings. The predicted molar refractivity (Wildman–Crippen MR) is 106 cm³/mol. The number of hydrogen-bond acceptors (Lipinski definition) is 5. The van der Waals surface area contributed by atoms with E-state index in [9.17, 15) is 13.2 Å². The van der Waals surface area contributed by atoms with Gasteiger partial charge in [0.2, 0.25) is 15.9 Å². The van der Waals surface area contributed by atoms with E-state index in [0.29, 0.717) is 19.6 Å². The number of fused-ring (bicyclic) bond motifs is 1. The number of nitrogens with zero attached hydrogens (tertiary/aromatic N) is 3. The van der Waals surface area contributed by atoms with Gasteiger partial charge in [0.25, 0.3) is 0 Å². The Morgan fingerprint density at radius 1 is 1.11 bits per heavy atom. The summed E-state index contributed by atoms with van der Waals surface area (Å²) in [7, 11) is -3.31. The molecule has 1 aromatic rings. The van der Waals surface area contributed by atoms with Gasteiger partial charge in [0, 0.05) is 31.6 Å². The molecule has 1 aromatic heterocycles. The fraction of sp³-hybridized carbons (Fsp3) is 0.750. The van der Waals surface area contributed by atoms with E-state index in [1.807, 2.05) is 30.9 Å². The van der Waals surface area contributed by atoms with Crippen LogP contribution in [0.5, 0.6) is 0 Å². The first-order chi connectivity index (χ1) is 13.2. The van der Waals surface area contributed by atoms with Crippen LogP contribution in [0.4, 0.5) is 0 Å². The molecule has 0 unspecified atom stereocenters. The monoisotopic (exact) mass is 409 g/mol. The van der Waals surface area contributed by atoms with Gasteiger partial charge in [-0.25, -0.2) is 12.7 Å². The summed E-state index contributed by atoms with van der Waals surface area (Å²) in [5.41, 5.74) is -0.813. The number of sulfonamides is 1. The van der Waals surface area contributed by atoms with E-state index in [-0.39, 0.29) is 11.3 Å². The van der Waals surface area contributed by atoms with Crippen molar-refractivity contribution in [1.29, 1.82) is 0 Å². The lowest BCUT2D eigenvalue weighted by Gasteiger charge is -2.46. The van der Waals surface area contributed by atoms with Crippen molar-refractivity contribution in [3.8, 4) is 0 Å². The zero-order valence-corrected chi connectivity index (χ0v) is 17.9. The molecule has 0 N–H and O–H groups in total. The van der Waals surface area contributed by atoms with Crippen molar-refractivity contribution in [2.24, 2.45) is 10.8 Å². The SMILES string of the molecule is CCN1CC[C@]2(CN(S(C)(=O)=O)CC23CCN(Cc2ccc(C)o2)CC3)C1=O. The quantitative estimate of drug-likeness (QED) is 0.757. The number of hydrogen-bond donors (Lipinski definition) is 0. The van der Waals surface area contributed by atoms with E-state index in [4.69, 9.17) is 4.42 Å². The van der Waals surface area contributed by atoms with E-state index in [1.54, 1.807) is 4.31 Å². The Bertz CT molecular complexity index is 857. The van der Waals surface area contributed by atoms with Crippen molar-refractivity contribution in [2.45, 2.75) is 39.7 Å². The van der Waals surface area contributed by atoms with E-state index >= 15 is 0 Å². The van der Waals surface area contributed by atoms with Gasteiger partial charge in [0.1, 0.15) is 11.5 Å². The van der Waals surface area contributed by atoms with Crippen LogP contribution in [0.25, 0.3) is 0 Å². The highest BCUT2D eigenvalue weighted by Gasteiger charge is 2.66. The molecule has 7 nitrogen and oxygen atoms in total. The molecular formula is C20H31N3O4S. The maximum atomic E-state index is 13.4. The van der Waals surface area contributed by atoms with Gasteiger partial charge in [0.05, 0.1) is 18.2 Å². The van der Waals surface area contributed by atoms with E-state index < -0.39 is 15.4 Å². The molecule has 3 saturated heterocycles. The molecule has 1 atom stereocenters. The third-order valence-corrected chi connectivity index (χ3v) is 8.48. The van der Waals surface area contributed by atoms with Gasteiger partial charge >= 0.3 is 0 Å². The Labute approximate surface area is 167 Å². The minimum atomic E-state index is -3.31. The largest absolute Gasteiger partial charge is 0.465 e. The molecule has 0 radical (unpaired) electrons. The number of furan rings is 1. The van der Waals surface area contributed by atoms with Crippen LogP contribution < -0.4 is 0 Å². The van der Waals surface area contributed by atoms with Crippen LogP contribution >= 0.6 is 0 Å². The summed E-state index contributed by atoms with van der Waals surface area (Å²) in [5.74, 6) is 2.04. The van der Waals surface area contributed by atoms with Crippen molar-refractivity contribution in [3.63, 3.8) is 0 Å². The molecule has 3 fully saturated rings. The highest BCUT2D eigenvalue weighted by Crippen LogP contribution is 2.58. The fourth-order valence-electron chi connectivity index (χ4n) is 5.59. The van der Waals surface area contributed by atoms with Crippen LogP contribution in [0.1, 0.15) is 37.7 Å². The predicted octanol–water partition coefficient (Wildman–Crippen LogP) is 1.68. The lowest BCUT2D eigenvalue weighted by molar-refractivity contribution is -0.142. The zero-order valence-electron chi connectivity index (χ0n) is 17.1. The Hall–Kier alpha value is -1.38. The summed E-state index contributed by atoms with van der Waals surface area (Å²) in [6, 6.07) is 4.00. The molecule has 1 amide bonds. The maximum absolute atomic E-state index is 13.4. The average molecular weight is 410 g/mol. The zero-order chi connectivity index (χ0) is 20.2. The van der Waals surface area contributed by atoms with E-state index in [0.717, 1.165) is 57.0 Å². The van der Waals surface area contributed by atoms with Crippen LogP contribution in [0.15, 0.2) is 16.5 Å². The van der Waals surface area contributed by atoms with E-state index in [2.05, 4.69) is 4.90 Å². The minimum absolute atomic E-state index is 0.163. The Morgan fingerprint density at radius 3 is 2.36 bits per heavy atom. The lowest BCUT2D eigenvalue weighted by atomic mass is 9.60. The van der Waals surface area contributed by atoms with Crippen LogP contribution in [-0.4, -0.2) is 74.0 Å². The minimum Gasteiger partial charge on any atom is -0.465 e. The van der Waals surface area contributed by atoms with Gasteiger partial charge in [-0.05, 0) is 58.3 Å². The number of likely N-dealkylation sites (tertiary alicyclic amines) is 2. The molecule has 4 rings (SSSR count). The summed E-state index contributed by atoms with van der Waals surface area (Å²) >= 11 is 0. The Balaban J connectivity index is 1.57. The molecule has 4 heterocycles. The number of aryl methyl sites for hydroxylation is 1. The van der Waals surface area contributed by atoms with Crippen LogP contribution in [0, 0.1) is 17.8 Å². The molecule has 0 bridgehead atoms. The number of carbonyl (C=O) groups is 1. The summed E-state index contributed by atoms with van der Waals surface area (Å²) < 4.78 is 32.0. The second kappa shape index (κ2) is 6.85. The topological polar surface area (TPSA) is 74.1 Å². The van der Waals surface area contributed by atoms with Crippen LogP contribution in [0.3, 0.4) is 0 Å². The van der Waals surface area contributed by atoms with Gasteiger partial charge in [-0.3, -0.25) is 9.69 Å². The van der Waals surface area contributed by atoms with Crippen molar-refractivity contribution in [3.05, 3.63) is 23.7 Å². The second-order valence-corrected chi connectivity index (χ2v) is 10.8. The van der Waals surface area contributed by atoms with Crippen molar-refractivity contribution in [2.75, 3.05) is 45.5 Å². The van der Waals surface area contributed by atoms with Gasteiger partial charge in [-0.1, -0.05) is 0 Å². The standard InChI is InChI=1S/C20H31N3O4S/c1-4-22-12-9-20(18(22)24)15-23(28(3,25)26)14-19(20)7-10-21(11-8-19)13-17-6-5-16(2)27-17/h5-6H,4,7-15H2,1-3H3/t20-/m0/s1. The van der Waals surface area contributed by atoms with Gasteiger partial charge in [0.15, 0.2) is 0 Å². The van der Waals surface area contributed by atoms with Gasteiger partial charge < -0.3 is 9.32 Å². The van der Waals surface area contributed by atoms with E-state index in [1.165, 1.54) is 6.26 Å². The molecule has 0 saturated carbocycles. The van der Waals surface area contributed by atoms with Crippen LogP contribution in [0.2, 0.25) is 0 Å². The third-order valence-electron chi connectivity index (χ3n) is 7.28. The number of piperidine rings is 1. The molecule has 3 aliphatic heterocycles. The number of carbonyl (C=O) groups excluding carboxylic acids is 1. The molecule has 0 aliphatic carbocycles. The molecule has 28 heavy (non-hydrogen) atoms. The number of rotatable bonds is 4. The molecule has 8 heteroatoms. The van der Waals surface area contributed by atoms with Crippen molar-refractivity contribution in [1.82, 2.24) is 14.1 Å².